The van der Waals surface area contributed by atoms with Gasteiger partial charge in [0.1, 0.15) is 28.6 Å². The van der Waals surface area contributed by atoms with Crippen LogP contribution in [0, 0.1) is 0 Å². The third-order valence-corrected chi connectivity index (χ3v) is 6.65. The molecule has 2 aromatic carbocycles. The summed E-state index contributed by atoms with van der Waals surface area (Å²) in [6.07, 6.45) is 6.78. The molecular formula is C27H29N5O3. The third-order valence-electron chi connectivity index (χ3n) is 6.65. The lowest BCUT2D eigenvalue weighted by Crippen LogP contribution is -2.23. The fourth-order valence-corrected chi connectivity index (χ4v) is 4.87. The molecule has 2 atom stereocenters. The summed E-state index contributed by atoms with van der Waals surface area (Å²) >= 11 is 0. The summed E-state index contributed by atoms with van der Waals surface area (Å²) in [7, 11) is 1.55. The number of carbonyl (C=O) groups is 1. The number of hydrogen-bond acceptors (Lipinski definition) is 6. The highest BCUT2D eigenvalue weighted by Crippen LogP contribution is 2.36. The van der Waals surface area contributed by atoms with Crippen molar-refractivity contribution in [1.29, 1.82) is 0 Å². The van der Waals surface area contributed by atoms with Gasteiger partial charge >= 0.3 is 0 Å². The summed E-state index contributed by atoms with van der Waals surface area (Å²) in [5.74, 6) is 1.86. The van der Waals surface area contributed by atoms with Gasteiger partial charge in [-0.15, -0.1) is 0 Å². The second-order valence-electron chi connectivity index (χ2n) is 8.95. The number of nitrogens with two attached hydrogens (primary N) is 1. The number of hydrogen-bond donors (Lipinski definition) is 3. The molecule has 1 aliphatic rings. The number of fused-ring (bicyclic) bond motifs is 1. The number of aliphatic hydroxyl groups is 1. The van der Waals surface area contributed by atoms with E-state index in [4.69, 9.17) is 15.5 Å². The fraction of sp³-hybridized carbons (Fsp3) is 0.296. The molecule has 1 amide bonds. The SMILES string of the molecule is COc1ccccc1C(=O)NCc1ccc(-c2nc(C3CCCC(O)C3)n3ccnc(N)c23)cc1. The number of nitrogens with zero attached hydrogens (tertiary/aromatic N) is 3. The van der Waals surface area contributed by atoms with Gasteiger partial charge in [-0.2, -0.15) is 0 Å². The number of anilines is 1. The topological polar surface area (TPSA) is 115 Å². The quantitative estimate of drug-likeness (QED) is 0.392. The number of aromatic nitrogens is 3. The number of methoxy groups -OCH3 is 1. The van der Waals surface area contributed by atoms with Crippen LogP contribution >= 0.6 is 0 Å². The number of benzene rings is 2. The molecule has 4 N–H and O–H groups in total. The van der Waals surface area contributed by atoms with E-state index in [1.165, 1.54) is 0 Å². The van der Waals surface area contributed by atoms with Crippen molar-refractivity contribution in [3.63, 3.8) is 0 Å². The van der Waals surface area contributed by atoms with Gasteiger partial charge in [-0.1, -0.05) is 42.8 Å². The summed E-state index contributed by atoms with van der Waals surface area (Å²) in [6.45, 7) is 0.385. The van der Waals surface area contributed by atoms with Crippen LogP contribution in [0.25, 0.3) is 16.8 Å². The van der Waals surface area contributed by atoms with Crippen molar-refractivity contribution in [1.82, 2.24) is 19.7 Å². The van der Waals surface area contributed by atoms with E-state index in [0.717, 1.165) is 47.4 Å². The maximum absolute atomic E-state index is 12.6. The molecule has 1 aliphatic carbocycles. The number of carbonyl (C=O) groups excluding carboxylic acids is 1. The van der Waals surface area contributed by atoms with Crippen LogP contribution in [0.2, 0.25) is 0 Å². The number of rotatable bonds is 6. The van der Waals surface area contributed by atoms with Crippen LogP contribution in [0.15, 0.2) is 60.9 Å². The number of amides is 1. The Kier molecular flexibility index (Phi) is 6.37. The van der Waals surface area contributed by atoms with Gasteiger partial charge in [0.2, 0.25) is 0 Å². The lowest BCUT2D eigenvalue weighted by atomic mass is 9.87. The molecule has 8 heteroatoms. The number of imidazole rings is 1. The fourth-order valence-electron chi connectivity index (χ4n) is 4.87. The van der Waals surface area contributed by atoms with E-state index in [-0.39, 0.29) is 17.9 Å². The highest BCUT2D eigenvalue weighted by molar-refractivity contribution is 5.96. The van der Waals surface area contributed by atoms with E-state index >= 15 is 0 Å². The Morgan fingerprint density at radius 2 is 2.00 bits per heavy atom. The minimum absolute atomic E-state index is 0.172. The minimum Gasteiger partial charge on any atom is -0.496 e. The Balaban J connectivity index is 1.39. The summed E-state index contributed by atoms with van der Waals surface area (Å²) in [4.78, 5) is 21.9. The maximum Gasteiger partial charge on any atom is 0.255 e. The Morgan fingerprint density at radius 1 is 1.20 bits per heavy atom. The first-order chi connectivity index (χ1) is 17.0. The van der Waals surface area contributed by atoms with Gasteiger partial charge < -0.3 is 20.9 Å². The van der Waals surface area contributed by atoms with Gasteiger partial charge in [0, 0.05) is 30.4 Å². The molecule has 0 aliphatic heterocycles. The molecule has 1 saturated carbocycles. The van der Waals surface area contributed by atoms with Gasteiger partial charge in [-0.05, 0) is 37.0 Å². The van der Waals surface area contributed by atoms with Crippen molar-refractivity contribution in [3.05, 3.63) is 77.9 Å². The van der Waals surface area contributed by atoms with Crippen LogP contribution in [-0.2, 0) is 6.54 Å². The van der Waals surface area contributed by atoms with Crippen LogP contribution < -0.4 is 15.8 Å². The standard InChI is InChI=1S/C27H29N5O3/c1-35-22-8-3-2-7-21(22)27(34)30-16-17-9-11-18(12-10-17)23-24-25(28)29-13-14-32(24)26(31-23)19-5-4-6-20(33)15-19/h2-3,7-14,19-20,33H,4-6,15-16H2,1H3,(H2,28,29)(H,30,34). The first kappa shape index (κ1) is 22.9. The number of ether oxygens (including phenoxy) is 1. The largest absolute Gasteiger partial charge is 0.496 e. The Bertz CT molecular complexity index is 1350. The van der Waals surface area contributed by atoms with Crippen molar-refractivity contribution >= 4 is 17.2 Å². The maximum atomic E-state index is 12.6. The van der Waals surface area contributed by atoms with Gasteiger partial charge in [-0.3, -0.25) is 9.20 Å². The lowest BCUT2D eigenvalue weighted by Gasteiger charge is -2.24. The molecule has 5 rings (SSSR count). The molecule has 2 unspecified atom stereocenters. The zero-order valence-electron chi connectivity index (χ0n) is 19.6. The molecule has 0 radical (unpaired) electrons. The average Bonchev–Trinajstić information content (AvgIpc) is 3.28. The number of aliphatic hydroxyl groups excluding tert-OH is 1. The van der Waals surface area contributed by atoms with Crippen molar-refractivity contribution in [2.45, 2.75) is 44.2 Å². The Labute approximate surface area is 203 Å². The van der Waals surface area contributed by atoms with Crippen molar-refractivity contribution in [2.24, 2.45) is 0 Å². The predicted molar refractivity (Wildman–Crippen MR) is 134 cm³/mol. The molecule has 4 aromatic rings. The number of nitrogens with one attached hydrogen (secondary N) is 1. The van der Waals surface area contributed by atoms with Crippen molar-refractivity contribution < 1.29 is 14.6 Å². The monoisotopic (exact) mass is 471 g/mol. The van der Waals surface area contributed by atoms with E-state index in [2.05, 4.69) is 10.3 Å². The molecule has 1 fully saturated rings. The zero-order chi connectivity index (χ0) is 24.4. The smallest absolute Gasteiger partial charge is 0.255 e. The molecule has 2 aromatic heterocycles. The Hall–Kier alpha value is -3.91. The molecule has 0 saturated heterocycles. The van der Waals surface area contributed by atoms with Crippen LogP contribution in [0.4, 0.5) is 5.82 Å². The first-order valence-corrected chi connectivity index (χ1v) is 11.9. The van der Waals surface area contributed by atoms with E-state index in [0.29, 0.717) is 30.1 Å². The lowest BCUT2D eigenvalue weighted by molar-refractivity contribution is 0.0947. The highest BCUT2D eigenvalue weighted by atomic mass is 16.5. The van der Waals surface area contributed by atoms with Crippen LogP contribution in [0.1, 0.15) is 53.3 Å². The van der Waals surface area contributed by atoms with Gasteiger partial charge in [0.15, 0.2) is 0 Å². The molecule has 0 bridgehead atoms. The van der Waals surface area contributed by atoms with Crippen molar-refractivity contribution in [2.75, 3.05) is 12.8 Å². The third kappa shape index (κ3) is 4.57. The molecule has 35 heavy (non-hydrogen) atoms. The minimum atomic E-state index is -0.297. The van der Waals surface area contributed by atoms with E-state index < -0.39 is 0 Å². The normalized spacial score (nSPS) is 17.9. The summed E-state index contributed by atoms with van der Waals surface area (Å²) < 4.78 is 7.30. The van der Waals surface area contributed by atoms with E-state index in [1.54, 1.807) is 25.4 Å². The molecule has 180 valence electrons. The van der Waals surface area contributed by atoms with Gasteiger partial charge in [-0.25, -0.2) is 9.97 Å². The molecule has 0 spiro atoms. The zero-order valence-corrected chi connectivity index (χ0v) is 19.6. The average molecular weight is 472 g/mol. The van der Waals surface area contributed by atoms with Gasteiger partial charge in [0.05, 0.1) is 18.8 Å². The van der Waals surface area contributed by atoms with Crippen molar-refractivity contribution in [3.8, 4) is 17.0 Å². The molecule has 2 heterocycles. The summed E-state index contributed by atoms with van der Waals surface area (Å²) in [5.41, 5.74) is 10.2. The summed E-state index contributed by atoms with van der Waals surface area (Å²) in [6, 6.07) is 15.1. The number of para-hydroxylation sites is 1. The Morgan fingerprint density at radius 3 is 2.77 bits per heavy atom. The predicted octanol–water partition coefficient (Wildman–Crippen LogP) is 3.94. The summed E-state index contributed by atoms with van der Waals surface area (Å²) in [5, 5.41) is 13.1. The van der Waals surface area contributed by atoms with E-state index in [1.807, 2.05) is 47.0 Å². The first-order valence-electron chi connectivity index (χ1n) is 11.9. The molecular weight excluding hydrogens is 442 g/mol. The van der Waals surface area contributed by atoms with Crippen LogP contribution in [-0.4, -0.2) is 38.6 Å². The van der Waals surface area contributed by atoms with E-state index in [9.17, 15) is 9.90 Å². The van der Waals surface area contributed by atoms with Crippen LogP contribution in [0.3, 0.4) is 0 Å². The van der Waals surface area contributed by atoms with Gasteiger partial charge in [0.25, 0.3) is 5.91 Å². The van der Waals surface area contributed by atoms with Crippen LogP contribution in [0.5, 0.6) is 5.75 Å². The second-order valence-corrected chi connectivity index (χ2v) is 8.95. The number of nitrogen functional groups attached to an aromatic ring is 1. The second kappa shape index (κ2) is 9.76. The molecule has 8 nitrogen and oxygen atoms in total. The highest BCUT2D eigenvalue weighted by Gasteiger charge is 2.27.